The summed E-state index contributed by atoms with van der Waals surface area (Å²) in [5.41, 5.74) is 7.60. The van der Waals surface area contributed by atoms with Crippen molar-refractivity contribution in [1.82, 2.24) is 4.57 Å². The molecule has 1 aromatic heterocycles. The molecule has 0 saturated heterocycles. The molecule has 0 aliphatic rings. The van der Waals surface area contributed by atoms with Crippen molar-refractivity contribution in [3.63, 3.8) is 0 Å². The van der Waals surface area contributed by atoms with Gasteiger partial charge in [0.2, 0.25) is 0 Å². The van der Waals surface area contributed by atoms with Gasteiger partial charge < -0.3 is 4.57 Å². The van der Waals surface area contributed by atoms with Gasteiger partial charge in [0.05, 0.1) is 11.0 Å². The third-order valence-corrected chi connectivity index (χ3v) is 5.12. The first-order valence-electron chi connectivity index (χ1n) is 8.98. The minimum Gasteiger partial charge on any atom is -0.309 e. The molecular formula is C25H19N. The number of aryl methyl sites for hydroxylation is 1. The van der Waals surface area contributed by atoms with E-state index < -0.39 is 0 Å². The van der Waals surface area contributed by atoms with Crippen molar-refractivity contribution in [2.75, 3.05) is 0 Å². The SMILES string of the molecule is Cc1ccc2c(c1-c1ccccc1)c1ccccc1n2-c1ccccc1. The molecule has 124 valence electrons. The minimum absolute atomic E-state index is 1.20. The lowest BCUT2D eigenvalue weighted by atomic mass is 9.95. The summed E-state index contributed by atoms with van der Waals surface area (Å²) in [4.78, 5) is 0. The van der Waals surface area contributed by atoms with Crippen LogP contribution >= 0.6 is 0 Å². The van der Waals surface area contributed by atoms with E-state index in [1.54, 1.807) is 0 Å². The van der Waals surface area contributed by atoms with Crippen molar-refractivity contribution >= 4 is 21.8 Å². The molecule has 0 bridgehead atoms. The molecule has 0 fully saturated rings. The summed E-state index contributed by atoms with van der Waals surface area (Å²) in [6.07, 6.45) is 0. The van der Waals surface area contributed by atoms with Gasteiger partial charge in [0.1, 0.15) is 0 Å². The number of fused-ring (bicyclic) bond motifs is 3. The van der Waals surface area contributed by atoms with E-state index in [0.29, 0.717) is 0 Å². The highest BCUT2D eigenvalue weighted by Gasteiger charge is 2.17. The van der Waals surface area contributed by atoms with E-state index in [1.807, 2.05) is 0 Å². The molecule has 0 saturated carbocycles. The van der Waals surface area contributed by atoms with E-state index in [9.17, 15) is 0 Å². The Hall–Kier alpha value is -3.32. The molecule has 0 unspecified atom stereocenters. The van der Waals surface area contributed by atoms with Crippen LogP contribution in [0.15, 0.2) is 97.1 Å². The smallest absolute Gasteiger partial charge is 0.0547 e. The van der Waals surface area contributed by atoms with Crippen molar-refractivity contribution in [3.05, 3.63) is 103 Å². The summed E-state index contributed by atoms with van der Waals surface area (Å²) >= 11 is 0. The first-order valence-corrected chi connectivity index (χ1v) is 8.98. The highest BCUT2D eigenvalue weighted by Crippen LogP contribution is 2.39. The summed E-state index contributed by atoms with van der Waals surface area (Å²) in [7, 11) is 0. The van der Waals surface area contributed by atoms with E-state index in [4.69, 9.17) is 0 Å². The molecule has 1 heteroatoms. The summed E-state index contributed by atoms with van der Waals surface area (Å²) in [5, 5.41) is 2.63. The molecule has 0 aliphatic carbocycles. The maximum Gasteiger partial charge on any atom is 0.0547 e. The molecule has 0 spiro atoms. The van der Waals surface area contributed by atoms with Gasteiger partial charge in [-0.3, -0.25) is 0 Å². The van der Waals surface area contributed by atoms with Crippen LogP contribution in [0.2, 0.25) is 0 Å². The zero-order valence-corrected chi connectivity index (χ0v) is 14.7. The predicted octanol–water partition coefficient (Wildman–Crippen LogP) is 6.76. The maximum absolute atomic E-state index is 2.37. The maximum atomic E-state index is 2.37. The molecule has 1 nitrogen and oxygen atoms in total. The fraction of sp³-hybridized carbons (Fsp3) is 0.0400. The monoisotopic (exact) mass is 333 g/mol. The van der Waals surface area contributed by atoms with Gasteiger partial charge in [-0.25, -0.2) is 0 Å². The van der Waals surface area contributed by atoms with Crippen molar-refractivity contribution in [2.24, 2.45) is 0 Å². The van der Waals surface area contributed by atoms with Crippen LogP contribution in [0.4, 0.5) is 0 Å². The summed E-state index contributed by atoms with van der Waals surface area (Å²) in [6, 6.07) is 34.5. The van der Waals surface area contributed by atoms with Crippen molar-refractivity contribution in [1.29, 1.82) is 0 Å². The second-order valence-corrected chi connectivity index (χ2v) is 6.71. The summed E-state index contributed by atoms with van der Waals surface area (Å²) in [5.74, 6) is 0. The van der Waals surface area contributed by atoms with Gasteiger partial charge >= 0.3 is 0 Å². The Kier molecular flexibility index (Phi) is 3.39. The Balaban J connectivity index is 1.99. The number of nitrogens with zero attached hydrogens (tertiary/aromatic N) is 1. The number of para-hydroxylation sites is 2. The van der Waals surface area contributed by atoms with Crippen LogP contribution in [-0.4, -0.2) is 4.57 Å². The van der Waals surface area contributed by atoms with Gasteiger partial charge in [0.15, 0.2) is 0 Å². The van der Waals surface area contributed by atoms with Gasteiger partial charge in [-0.1, -0.05) is 72.8 Å². The fourth-order valence-electron chi connectivity index (χ4n) is 4.00. The van der Waals surface area contributed by atoms with Gasteiger partial charge in [0.25, 0.3) is 0 Å². The van der Waals surface area contributed by atoms with E-state index in [0.717, 1.165) is 0 Å². The average molecular weight is 333 g/mol. The van der Waals surface area contributed by atoms with Gasteiger partial charge in [-0.15, -0.1) is 0 Å². The lowest BCUT2D eigenvalue weighted by Crippen LogP contribution is -1.93. The predicted molar refractivity (Wildman–Crippen MR) is 111 cm³/mol. The molecule has 5 aromatic rings. The van der Waals surface area contributed by atoms with Crippen LogP contribution in [0.3, 0.4) is 0 Å². The van der Waals surface area contributed by atoms with Crippen molar-refractivity contribution in [2.45, 2.75) is 6.92 Å². The third kappa shape index (κ3) is 2.18. The van der Waals surface area contributed by atoms with Gasteiger partial charge in [0, 0.05) is 16.5 Å². The Morgan fingerprint density at radius 1 is 0.577 bits per heavy atom. The second kappa shape index (κ2) is 5.89. The quantitative estimate of drug-likeness (QED) is 0.336. The lowest BCUT2D eigenvalue weighted by molar-refractivity contribution is 1.18. The molecule has 0 radical (unpaired) electrons. The van der Waals surface area contributed by atoms with Crippen LogP contribution in [0.25, 0.3) is 38.6 Å². The largest absolute Gasteiger partial charge is 0.309 e. The first kappa shape index (κ1) is 15.0. The molecule has 26 heavy (non-hydrogen) atoms. The zero-order chi connectivity index (χ0) is 17.5. The number of aromatic nitrogens is 1. The Bertz CT molecular complexity index is 1210. The van der Waals surface area contributed by atoms with Crippen LogP contribution in [0.1, 0.15) is 5.56 Å². The fourth-order valence-corrected chi connectivity index (χ4v) is 4.00. The number of benzene rings is 4. The Morgan fingerprint density at radius 2 is 1.23 bits per heavy atom. The molecule has 0 atom stereocenters. The highest BCUT2D eigenvalue weighted by atomic mass is 15.0. The van der Waals surface area contributed by atoms with E-state index in [1.165, 1.54) is 44.2 Å². The van der Waals surface area contributed by atoms with E-state index in [-0.39, 0.29) is 0 Å². The molecule has 5 rings (SSSR count). The molecule has 0 aliphatic heterocycles. The average Bonchev–Trinajstić information content (AvgIpc) is 3.04. The van der Waals surface area contributed by atoms with Gasteiger partial charge in [-0.05, 0) is 47.9 Å². The lowest BCUT2D eigenvalue weighted by Gasteiger charge is -2.11. The topological polar surface area (TPSA) is 4.93 Å². The summed E-state index contributed by atoms with van der Waals surface area (Å²) < 4.78 is 2.37. The van der Waals surface area contributed by atoms with E-state index >= 15 is 0 Å². The molecular weight excluding hydrogens is 314 g/mol. The first-order chi connectivity index (χ1) is 12.8. The van der Waals surface area contributed by atoms with Gasteiger partial charge in [-0.2, -0.15) is 0 Å². The zero-order valence-electron chi connectivity index (χ0n) is 14.7. The normalized spacial score (nSPS) is 11.3. The molecule has 4 aromatic carbocycles. The Labute approximate surface area is 153 Å². The van der Waals surface area contributed by atoms with Crippen molar-refractivity contribution in [3.8, 4) is 16.8 Å². The van der Waals surface area contributed by atoms with Crippen LogP contribution < -0.4 is 0 Å². The number of hydrogen-bond acceptors (Lipinski definition) is 0. The van der Waals surface area contributed by atoms with Crippen LogP contribution in [0, 0.1) is 6.92 Å². The highest BCUT2D eigenvalue weighted by molar-refractivity contribution is 6.16. The molecule has 1 heterocycles. The Morgan fingerprint density at radius 3 is 2.00 bits per heavy atom. The third-order valence-electron chi connectivity index (χ3n) is 5.12. The van der Waals surface area contributed by atoms with Crippen LogP contribution in [-0.2, 0) is 0 Å². The standard InChI is InChI=1S/C25H19N/c1-18-16-17-23-25(24(18)19-10-4-2-5-11-19)21-14-8-9-15-22(21)26(23)20-12-6-3-7-13-20/h2-17H,1H3. The van der Waals surface area contributed by atoms with Crippen molar-refractivity contribution < 1.29 is 0 Å². The van der Waals surface area contributed by atoms with E-state index in [2.05, 4.69) is 109 Å². The number of hydrogen-bond donors (Lipinski definition) is 0. The summed E-state index contributed by atoms with van der Waals surface area (Å²) in [6.45, 7) is 2.20. The second-order valence-electron chi connectivity index (χ2n) is 6.71. The minimum atomic E-state index is 1.20. The molecule has 0 N–H and O–H groups in total. The van der Waals surface area contributed by atoms with Crippen LogP contribution in [0.5, 0.6) is 0 Å². The molecule has 0 amide bonds. The number of rotatable bonds is 2.